The molecule has 94 valence electrons. The first kappa shape index (κ1) is 13.6. The van der Waals surface area contributed by atoms with Crippen LogP contribution in [0.5, 0.6) is 0 Å². The van der Waals surface area contributed by atoms with Crippen molar-refractivity contribution in [3.8, 4) is 0 Å². The Morgan fingerprint density at radius 2 is 1.89 bits per heavy atom. The maximum atomic E-state index is 13.3. The lowest BCUT2D eigenvalue weighted by Gasteiger charge is -2.07. The predicted molar refractivity (Wildman–Crippen MR) is 79.6 cm³/mol. The summed E-state index contributed by atoms with van der Waals surface area (Å²) in [5, 5.41) is 0. The molecule has 0 unspecified atom stereocenters. The highest BCUT2D eigenvalue weighted by molar-refractivity contribution is 9.10. The smallest absolute Gasteiger partial charge is 0.124 e. The van der Waals surface area contributed by atoms with Crippen LogP contribution in [0.25, 0.3) is 0 Å². The zero-order valence-corrected chi connectivity index (χ0v) is 12.7. The molecule has 2 aromatic carbocycles. The molecule has 0 radical (unpaired) electrons. The Balaban J connectivity index is 2.13. The molecule has 0 heterocycles. The van der Waals surface area contributed by atoms with Crippen LogP contribution in [0.2, 0.25) is 0 Å². The quantitative estimate of drug-likeness (QED) is 0.672. The van der Waals surface area contributed by atoms with E-state index in [1.165, 1.54) is 22.1 Å². The second-order valence-corrected chi connectivity index (χ2v) is 6.27. The number of benzene rings is 2. The monoisotopic (exact) mass is 324 g/mol. The van der Waals surface area contributed by atoms with Crippen molar-refractivity contribution in [1.29, 1.82) is 0 Å². The van der Waals surface area contributed by atoms with Gasteiger partial charge in [0.25, 0.3) is 0 Å². The zero-order valence-electron chi connectivity index (χ0n) is 10.3. The van der Waals surface area contributed by atoms with Gasteiger partial charge in [-0.25, -0.2) is 4.39 Å². The van der Waals surface area contributed by atoms with E-state index in [9.17, 15) is 4.39 Å². The van der Waals surface area contributed by atoms with E-state index in [1.807, 2.05) is 6.07 Å². The average molecular weight is 325 g/mol. The number of aryl methyl sites for hydroxylation is 2. The third-order valence-electron chi connectivity index (χ3n) is 2.66. The van der Waals surface area contributed by atoms with Crippen molar-refractivity contribution in [3.05, 3.63) is 63.4 Å². The average Bonchev–Trinajstić information content (AvgIpc) is 2.29. The van der Waals surface area contributed by atoms with Crippen molar-refractivity contribution < 1.29 is 4.39 Å². The summed E-state index contributed by atoms with van der Waals surface area (Å²) in [5.41, 5.74) is 3.51. The molecule has 0 fully saturated rings. The molecule has 0 aliphatic rings. The summed E-state index contributed by atoms with van der Waals surface area (Å²) in [5.74, 6) is 0.585. The van der Waals surface area contributed by atoms with Gasteiger partial charge in [-0.05, 0) is 49.2 Å². The summed E-state index contributed by atoms with van der Waals surface area (Å²) in [4.78, 5) is 1.26. The van der Waals surface area contributed by atoms with Gasteiger partial charge in [-0.2, -0.15) is 0 Å². The van der Waals surface area contributed by atoms with E-state index in [2.05, 4.69) is 48.0 Å². The fourth-order valence-electron chi connectivity index (χ4n) is 1.72. The van der Waals surface area contributed by atoms with Gasteiger partial charge in [-0.15, -0.1) is 11.8 Å². The van der Waals surface area contributed by atoms with Crippen LogP contribution in [-0.4, -0.2) is 0 Å². The summed E-state index contributed by atoms with van der Waals surface area (Å²) in [6.07, 6.45) is 0. The van der Waals surface area contributed by atoms with Gasteiger partial charge in [0.2, 0.25) is 0 Å². The lowest BCUT2D eigenvalue weighted by Crippen LogP contribution is -1.86. The molecule has 0 atom stereocenters. The molecule has 0 bridgehead atoms. The fourth-order valence-corrected chi connectivity index (χ4v) is 3.28. The molecule has 2 aromatic rings. The topological polar surface area (TPSA) is 0 Å². The predicted octanol–water partition coefficient (Wildman–Crippen LogP) is 5.50. The summed E-state index contributed by atoms with van der Waals surface area (Å²) in [6.45, 7) is 4.19. The second kappa shape index (κ2) is 5.89. The number of hydrogen-bond donors (Lipinski definition) is 0. The van der Waals surface area contributed by atoms with E-state index < -0.39 is 0 Å². The van der Waals surface area contributed by atoms with Gasteiger partial charge in [0, 0.05) is 15.1 Å². The molecule has 0 aromatic heterocycles. The normalized spacial score (nSPS) is 10.7. The fraction of sp³-hybridized carbons (Fsp3) is 0.200. The first-order valence-corrected chi connectivity index (χ1v) is 7.47. The molecular formula is C15H14BrFS. The molecule has 0 amide bonds. The van der Waals surface area contributed by atoms with Gasteiger partial charge < -0.3 is 0 Å². The van der Waals surface area contributed by atoms with Gasteiger partial charge in [0.1, 0.15) is 5.82 Å². The molecular weight excluding hydrogens is 311 g/mol. The van der Waals surface area contributed by atoms with Crippen molar-refractivity contribution in [2.75, 3.05) is 0 Å². The Hall–Kier alpha value is -0.800. The molecule has 0 N–H and O–H groups in total. The highest BCUT2D eigenvalue weighted by atomic mass is 79.9. The Morgan fingerprint density at radius 1 is 1.11 bits per heavy atom. The minimum Gasteiger partial charge on any atom is -0.207 e. The van der Waals surface area contributed by atoms with Crippen LogP contribution in [0.3, 0.4) is 0 Å². The van der Waals surface area contributed by atoms with Crippen LogP contribution in [0.1, 0.15) is 16.7 Å². The van der Waals surface area contributed by atoms with Crippen LogP contribution >= 0.6 is 27.7 Å². The van der Waals surface area contributed by atoms with E-state index >= 15 is 0 Å². The lowest BCUT2D eigenvalue weighted by molar-refractivity contribution is 0.625. The Morgan fingerprint density at radius 3 is 2.61 bits per heavy atom. The molecule has 0 saturated heterocycles. The summed E-state index contributed by atoms with van der Waals surface area (Å²) >= 11 is 5.06. The van der Waals surface area contributed by atoms with E-state index in [-0.39, 0.29) is 5.82 Å². The maximum absolute atomic E-state index is 13.3. The molecule has 0 spiro atoms. The Labute approximate surface area is 120 Å². The van der Waals surface area contributed by atoms with Crippen LogP contribution in [0, 0.1) is 19.7 Å². The van der Waals surface area contributed by atoms with Gasteiger partial charge in [-0.1, -0.05) is 33.6 Å². The molecule has 0 aliphatic heterocycles. The number of hydrogen-bond acceptors (Lipinski definition) is 1. The molecule has 3 heteroatoms. The van der Waals surface area contributed by atoms with Crippen molar-refractivity contribution >= 4 is 27.7 Å². The molecule has 2 rings (SSSR count). The van der Waals surface area contributed by atoms with Crippen LogP contribution in [0.15, 0.2) is 45.8 Å². The lowest BCUT2D eigenvalue weighted by atomic mass is 10.2. The number of thioether (sulfide) groups is 1. The highest BCUT2D eigenvalue weighted by Gasteiger charge is 2.03. The van der Waals surface area contributed by atoms with Crippen LogP contribution in [0.4, 0.5) is 4.39 Å². The third kappa shape index (κ3) is 3.59. The van der Waals surface area contributed by atoms with Gasteiger partial charge >= 0.3 is 0 Å². The van der Waals surface area contributed by atoms with E-state index in [1.54, 1.807) is 17.8 Å². The first-order valence-electron chi connectivity index (χ1n) is 5.69. The number of rotatable bonds is 3. The Bertz CT molecular complexity index is 546. The van der Waals surface area contributed by atoms with Gasteiger partial charge in [0.15, 0.2) is 0 Å². The van der Waals surface area contributed by atoms with Crippen LogP contribution in [-0.2, 0) is 5.75 Å². The van der Waals surface area contributed by atoms with Crippen molar-refractivity contribution in [2.24, 2.45) is 0 Å². The standard InChI is InChI=1S/C15H14BrFS/c1-10-3-4-11(2)15(5-10)18-9-12-6-13(16)8-14(17)7-12/h3-8H,9H2,1-2H3. The van der Waals surface area contributed by atoms with Crippen LogP contribution < -0.4 is 0 Å². The van der Waals surface area contributed by atoms with E-state index in [0.717, 1.165) is 15.8 Å². The highest BCUT2D eigenvalue weighted by Crippen LogP contribution is 2.28. The molecule has 0 saturated carbocycles. The van der Waals surface area contributed by atoms with Crippen molar-refractivity contribution in [2.45, 2.75) is 24.5 Å². The second-order valence-electron chi connectivity index (χ2n) is 4.34. The summed E-state index contributed by atoms with van der Waals surface area (Å²) < 4.78 is 14.0. The molecule has 0 nitrogen and oxygen atoms in total. The van der Waals surface area contributed by atoms with E-state index in [0.29, 0.717) is 0 Å². The molecule has 0 aliphatic carbocycles. The summed E-state index contributed by atoms with van der Waals surface area (Å²) in [7, 11) is 0. The zero-order chi connectivity index (χ0) is 13.1. The van der Waals surface area contributed by atoms with Crippen molar-refractivity contribution in [3.63, 3.8) is 0 Å². The molecule has 18 heavy (non-hydrogen) atoms. The van der Waals surface area contributed by atoms with E-state index in [4.69, 9.17) is 0 Å². The number of halogens is 2. The minimum absolute atomic E-state index is 0.194. The first-order chi connectivity index (χ1) is 8.54. The minimum atomic E-state index is -0.194. The SMILES string of the molecule is Cc1ccc(C)c(SCc2cc(F)cc(Br)c2)c1. The summed E-state index contributed by atoms with van der Waals surface area (Å²) in [6, 6.07) is 11.4. The van der Waals surface area contributed by atoms with Gasteiger partial charge in [0.05, 0.1) is 0 Å². The largest absolute Gasteiger partial charge is 0.207 e. The maximum Gasteiger partial charge on any atom is 0.124 e. The third-order valence-corrected chi connectivity index (χ3v) is 4.35. The Kier molecular flexibility index (Phi) is 4.46. The van der Waals surface area contributed by atoms with Gasteiger partial charge in [-0.3, -0.25) is 0 Å². The van der Waals surface area contributed by atoms with Crippen molar-refractivity contribution in [1.82, 2.24) is 0 Å².